The van der Waals surface area contributed by atoms with E-state index < -0.39 is 23.3 Å². The van der Waals surface area contributed by atoms with Gasteiger partial charge in [-0.25, -0.2) is 14.5 Å². The number of nitrogens with zero attached hydrogens (tertiary/aromatic N) is 1. The van der Waals surface area contributed by atoms with Gasteiger partial charge in [0.2, 0.25) is 0 Å². The first-order valence-electron chi connectivity index (χ1n) is 6.22. The number of halogens is 1. The molecule has 1 unspecified atom stereocenters. The Labute approximate surface area is 130 Å². The van der Waals surface area contributed by atoms with E-state index in [2.05, 4.69) is 5.32 Å². The summed E-state index contributed by atoms with van der Waals surface area (Å²) in [7, 11) is 0. The second kappa shape index (κ2) is 6.82. The highest BCUT2D eigenvalue weighted by Crippen LogP contribution is 2.26. The van der Waals surface area contributed by atoms with Gasteiger partial charge in [0.05, 0.1) is 6.61 Å². The summed E-state index contributed by atoms with van der Waals surface area (Å²) >= 11 is 6.67. The third-order valence-electron chi connectivity index (χ3n) is 2.75. The van der Waals surface area contributed by atoms with Gasteiger partial charge >= 0.3 is 12.0 Å². The van der Waals surface area contributed by atoms with E-state index in [0.717, 1.165) is 16.7 Å². The molecule has 0 bridgehead atoms. The van der Waals surface area contributed by atoms with Crippen LogP contribution in [0.2, 0.25) is 5.02 Å². The Morgan fingerprint density at radius 1 is 1.43 bits per heavy atom. The Kier molecular flexibility index (Phi) is 5.08. The molecule has 1 heterocycles. The minimum absolute atomic E-state index is 0.195. The molecule has 112 valence electrons. The first-order valence-corrected chi connectivity index (χ1v) is 7.58. The highest BCUT2D eigenvalue weighted by molar-refractivity contribution is 8.14. The molecule has 0 aromatic heterocycles. The molecular weight excluding hydrogens is 316 g/mol. The van der Waals surface area contributed by atoms with Crippen LogP contribution in [-0.4, -0.2) is 40.5 Å². The molecule has 1 aromatic carbocycles. The van der Waals surface area contributed by atoms with Crippen LogP contribution in [0.25, 0.3) is 0 Å². The third kappa shape index (κ3) is 3.68. The molecule has 6 nitrogen and oxygen atoms in total. The van der Waals surface area contributed by atoms with Crippen LogP contribution in [0, 0.1) is 0 Å². The van der Waals surface area contributed by atoms with Crippen LogP contribution in [0.1, 0.15) is 6.92 Å². The second-order valence-electron chi connectivity index (χ2n) is 4.15. The second-order valence-corrected chi connectivity index (χ2v) is 5.56. The van der Waals surface area contributed by atoms with Crippen LogP contribution < -0.4 is 5.32 Å². The van der Waals surface area contributed by atoms with Crippen LogP contribution in [0.15, 0.2) is 24.3 Å². The summed E-state index contributed by atoms with van der Waals surface area (Å²) in [5.74, 6) is -0.381. The van der Waals surface area contributed by atoms with Gasteiger partial charge in [-0.05, 0) is 31.2 Å². The quantitative estimate of drug-likeness (QED) is 0.863. The fourth-order valence-electron chi connectivity index (χ4n) is 1.77. The Hall–Kier alpha value is -1.73. The molecule has 1 aromatic rings. The van der Waals surface area contributed by atoms with Crippen molar-refractivity contribution in [1.29, 1.82) is 0 Å². The van der Waals surface area contributed by atoms with E-state index >= 15 is 0 Å². The van der Waals surface area contributed by atoms with Crippen LogP contribution in [0.4, 0.5) is 15.3 Å². The molecule has 1 N–H and O–H groups in total. The number of imide groups is 1. The predicted molar refractivity (Wildman–Crippen MR) is 80.6 cm³/mol. The zero-order valence-electron chi connectivity index (χ0n) is 11.2. The number of esters is 1. The molecule has 1 aliphatic heterocycles. The maximum atomic E-state index is 12.2. The number of amides is 3. The predicted octanol–water partition coefficient (Wildman–Crippen LogP) is 2.97. The Bertz CT molecular complexity index is 564. The topological polar surface area (TPSA) is 75.7 Å². The van der Waals surface area contributed by atoms with Crippen molar-refractivity contribution in [3.63, 3.8) is 0 Å². The standard InChI is InChI=1S/C13H13ClN2O4S/c1-2-20-11(17)10-7-21-13(19)16(10)12(18)15-9-5-3-8(14)4-6-9/h3-6,10H,2,7H2,1H3,(H,15,18). The van der Waals surface area contributed by atoms with Gasteiger partial charge in [-0.1, -0.05) is 23.4 Å². The normalized spacial score (nSPS) is 17.7. The monoisotopic (exact) mass is 328 g/mol. The molecule has 2 rings (SSSR count). The minimum atomic E-state index is -0.894. The van der Waals surface area contributed by atoms with Crippen molar-refractivity contribution >= 4 is 46.3 Å². The van der Waals surface area contributed by atoms with Crippen molar-refractivity contribution in [2.75, 3.05) is 17.7 Å². The number of anilines is 1. The van der Waals surface area contributed by atoms with Crippen molar-refractivity contribution in [2.24, 2.45) is 0 Å². The molecule has 1 saturated heterocycles. The summed E-state index contributed by atoms with van der Waals surface area (Å²) in [5, 5.41) is 2.61. The number of carbonyl (C=O) groups excluding carboxylic acids is 3. The molecular formula is C13H13ClN2O4S. The van der Waals surface area contributed by atoms with Gasteiger partial charge in [-0.3, -0.25) is 4.79 Å². The zero-order chi connectivity index (χ0) is 15.4. The average molecular weight is 329 g/mol. The first-order chi connectivity index (χ1) is 10.0. The first kappa shape index (κ1) is 15.7. The van der Waals surface area contributed by atoms with Crippen molar-refractivity contribution in [3.8, 4) is 0 Å². The molecule has 0 saturated carbocycles. The van der Waals surface area contributed by atoms with E-state index in [0.29, 0.717) is 10.7 Å². The van der Waals surface area contributed by atoms with Gasteiger partial charge in [0.15, 0.2) is 0 Å². The van der Waals surface area contributed by atoms with Crippen LogP contribution in [0.5, 0.6) is 0 Å². The molecule has 0 radical (unpaired) electrons. The number of rotatable bonds is 3. The van der Waals surface area contributed by atoms with Crippen LogP contribution >= 0.6 is 23.4 Å². The number of ether oxygens (including phenoxy) is 1. The van der Waals surface area contributed by atoms with E-state index in [4.69, 9.17) is 16.3 Å². The summed E-state index contributed by atoms with van der Waals surface area (Å²) in [6.45, 7) is 1.86. The lowest BCUT2D eigenvalue weighted by atomic mass is 10.3. The lowest BCUT2D eigenvalue weighted by Gasteiger charge is -2.20. The van der Waals surface area contributed by atoms with Crippen molar-refractivity contribution in [3.05, 3.63) is 29.3 Å². The van der Waals surface area contributed by atoms with Crippen molar-refractivity contribution in [1.82, 2.24) is 4.90 Å². The fraction of sp³-hybridized carbons (Fsp3) is 0.308. The number of benzene rings is 1. The van der Waals surface area contributed by atoms with Crippen molar-refractivity contribution < 1.29 is 19.1 Å². The number of thioether (sulfide) groups is 1. The fourth-order valence-corrected chi connectivity index (χ4v) is 2.84. The SMILES string of the molecule is CCOC(=O)C1CSC(=O)N1C(=O)Nc1ccc(Cl)cc1. The summed E-state index contributed by atoms with van der Waals surface area (Å²) in [4.78, 5) is 36.6. The largest absolute Gasteiger partial charge is 0.464 e. The van der Waals surface area contributed by atoms with Gasteiger partial charge in [0, 0.05) is 16.5 Å². The number of hydrogen-bond donors (Lipinski definition) is 1. The summed E-state index contributed by atoms with van der Waals surface area (Å²) in [5.41, 5.74) is 0.483. The van der Waals surface area contributed by atoms with E-state index in [9.17, 15) is 14.4 Å². The Morgan fingerprint density at radius 2 is 2.10 bits per heavy atom. The smallest absolute Gasteiger partial charge is 0.330 e. The van der Waals surface area contributed by atoms with Crippen molar-refractivity contribution in [2.45, 2.75) is 13.0 Å². The van der Waals surface area contributed by atoms with E-state index in [1.165, 1.54) is 0 Å². The van der Waals surface area contributed by atoms with E-state index in [1.54, 1.807) is 31.2 Å². The molecule has 8 heteroatoms. The molecule has 21 heavy (non-hydrogen) atoms. The average Bonchev–Trinajstić information content (AvgIpc) is 2.83. The number of carbonyl (C=O) groups is 3. The summed E-state index contributed by atoms with van der Waals surface area (Å²) in [6.07, 6.45) is 0. The molecule has 0 spiro atoms. The lowest BCUT2D eigenvalue weighted by Crippen LogP contribution is -2.46. The maximum absolute atomic E-state index is 12.2. The number of nitrogens with one attached hydrogen (secondary N) is 1. The molecule has 1 fully saturated rings. The van der Waals surface area contributed by atoms with Crippen LogP contribution in [-0.2, 0) is 9.53 Å². The molecule has 3 amide bonds. The Morgan fingerprint density at radius 3 is 2.71 bits per heavy atom. The maximum Gasteiger partial charge on any atom is 0.330 e. The van der Waals surface area contributed by atoms with Gasteiger partial charge in [0.1, 0.15) is 6.04 Å². The highest BCUT2D eigenvalue weighted by atomic mass is 35.5. The summed E-state index contributed by atoms with van der Waals surface area (Å²) in [6, 6.07) is 4.88. The Balaban J connectivity index is 2.10. The van der Waals surface area contributed by atoms with Gasteiger partial charge in [0.25, 0.3) is 5.24 Å². The minimum Gasteiger partial charge on any atom is -0.464 e. The van der Waals surface area contributed by atoms with Crippen LogP contribution in [0.3, 0.4) is 0 Å². The number of hydrogen-bond acceptors (Lipinski definition) is 5. The van der Waals surface area contributed by atoms with E-state index in [1.807, 2.05) is 0 Å². The highest BCUT2D eigenvalue weighted by Gasteiger charge is 2.42. The molecule has 1 atom stereocenters. The van der Waals surface area contributed by atoms with Gasteiger partial charge in [-0.2, -0.15) is 0 Å². The molecule has 0 aliphatic carbocycles. The van der Waals surface area contributed by atoms with Gasteiger partial charge in [-0.15, -0.1) is 0 Å². The summed E-state index contributed by atoms with van der Waals surface area (Å²) < 4.78 is 4.88. The van der Waals surface area contributed by atoms with Gasteiger partial charge < -0.3 is 10.1 Å². The van der Waals surface area contributed by atoms with E-state index in [-0.39, 0.29) is 12.4 Å². The third-order valence-corrected chi connectivity index (χ3v) is 3.92. The zero-order valence-corrected chi connectivity index (χ0v) is 12.7. The molecule has 1 aliphatic rings. The number of urea groups is 1. The lowest BCUT2D eigenvalue weighted by molar-refractivity contribution is -0.146.